The van der Waals surface area contributed by atoms with Gasteiger partial charge in [0, 0.05) is 0 Å². The molecule has 1 saturated carbocycles. The van der Waals surface area contributed by atoms with Crippen LogP contribution in [0.3, 0.4) is 0 Å². The van der Waals surface area contributed by atoms with Crippen LogP contribution in [0.4, 0.5) is 0 Å². The van der Waals surface area contributed by atoms with Crippen molar-refractivity contribution >= 4 is 29.6 Å². The predicted molar refractivity (Wildman–Crippen MR) is 79.7 cm³/mol. The molecule has 0 aliphatic heterocycles. The van der Waals surface area contributed by atoms with Crippen LogP contribution in [0.25, 0.3) is 0 Å². The van der Waals surface area contributed by atoms with Crippen molar-refractivity contribution in [3.63, 3.8) is 0 Å². The van der Waals surface area contributed by atoms with E-state index in [1.165, 1.54) is 12.8 Å². The van der Waals surface area contributed by atoms with E-state index in [0.717, 1.165) is 30.4 Å². The zero-order valence-electron chi connectivity index (χ0n) is 11.3. The van der Waals surface area contributed by atoms with E-state index in [2.05, 4.69) is 12.2 Å². The first-order valence-corrected chi connectivity index (χ1v) is 7.39. The number of hydrogen-bond donors (Lipinski definition) is 1. The van der Waals surface area contributed by atoms with Crippen LogP contribution in [0.5, 0.6) is 0 Å². The van der Waals surface area contributed by atoms with Crippen LogP contribution in [-0.2, 0) is 4.79 Å². The van der Waals surface area contributed by atoms with Crippen LogP contribution in [-0.4, -0.2) is 6.41 Å². The molecule has 0 radical (unpaired) electrons. The topological polar surface area (TPSA) is 29.1 Å². The fraction of sp³-hybridized carbons (Fsp3) is 0.533. The monoisotopic (exact) mass is 299 g/mol. The average Bonchev–Trinajstić information content (AvgIpc) is 2.81. The highest BCUT2D eigenvalue weighted by molar-refractivity contribution is 6.42. The maximum absolute atomic E-state index is 11.0. The Hall–Kier alpha value is -0.730. The smallest absolute Gasteiger partial charge is 0.207 e. The number of rotatable bonds is 4. The second-order valence-corrected chi connectivity index (χ2v) is 6.46. The number of halogens is 2. The van der Waals surface area contributed by atoms with Crippen molar-refractivity contribution in [2.75, 3.05) is 0 Å². The Morgan fingerprint density at radius 1 is 1.32 bits per heavy atom. The molecule has 0 bridgehead atoms. The summed E-state index contributed by atoms with van der Waals surface area (Å²) in [6, 6.07) is 3.69. The third-order valence-electron chi connectivity index (χ3n) is 4.32. The molecule has 1 aromatic rings. The Balaban J connectivity index is 2.50. The largest absolute Gasteiger partial charge is 0.351 e. The number of aryl methyl sites for hydroxylation is 1. The standard InChI is InChI=1S/C15H19Cl2NO/c1-10-5-6-11(16)13(17)12(10)14(18-9-19)15(2)7-3-4-8-15/h5-6,9,14H,3-4,7-8H2,1-2H3,(H,18,19). The first-order chi connectivity index (χ1) is 8.99. The Kier molecular flexibility index (Phi) is 4.42. The molecule has 2 nitrogen and oxygen atoms in total. The second kappa shape index (κ2) is 5.72. The zero-order valence-corrected chi connectivity index (χ0v) is 12.8. The molecule has 1 unspecified atom stereocenters. The van der Waals surface area contributed by atoms with Gasteiger partial charge < -0.3 is 5.32 Å². The summed E-state index contributed by atoms with van der Waals surface area (Å²) in [4.78, 5) is 11.0. The first-order valence-electron chi connectivity index (χ1n) is 6.64. The summed E-state index contributed by atoms with van der Waals surface area (Å²) < 4.78 is 0. The lowest BCUT2D eigenvalue weighted by molar-refractivity contribution is -0.111. The van der Waals surface area contributed by atoms with Crippen LogP contribution in [0.1, 0.15) is 49.8 Å². The Morgan fingerprint density at radius 3 is 2.53 bits per heavy atom. The summed E-state index contributed by atoms with van der Waals surface area (Å²) >= 11 is 12.5. The van der Waals surface area contributed by atoms with Gasteiger partial charge in [-0.15, -0.1) is 0 Å². The minimum atomic E-state index is -0.0706. The van der Waals surface area contributed by atoms with E-state index in [1.807, 2.05) is 13.0 Å². The molecular formula is C15H19Cl2NO. The molecule has 0 aromatic heterocycles. The molecule has 0 heterocycles. The Morgan fingerprint density at radius 2 is 1.95 bits per heavy atom. The van der Waals surface area contributed by atoms with Gasteiger partial charge in [0.15, 0.2) is 0 Å². The molecule has 2 rings (SSSR count). The van der Waals surface area contributed by atoms with Gasteiger partial charge >= 0.3 is 0 Å². The number of benzene rings is 1. The van der Waals surface area contributed by atoms with Crippen LogP contribution in [0, 0.1) is 12.3 Å². The van der Waals surface area contributed by atoms with Crippen LogP contribution in [0.2, 0.25) is 10.0 Å². The summed E-state index contributed by atoms with van der Waals surface area (Å²) in [6.45, 7) is 4.23. The summed E-state index contributed by atoms with van der Waals surface area (Å²) in [5.74, 6) is 0. The third kappa shape index (κ3) is 2.75. The van der Waals surface area contributed by atoms with Gasteiger partial charge in [0.25, 0.3) is 0 Å². The van der Waals surface area contributed by atoms with Crippen molar-refractivity contribution in [1.82, 2.24) is 5.32 Å². The van der Waals surface area contributed by atoms with Gasteiger partial charge in [-0.2, -0.15) is 0 Å². The van der Waals surface area contributed by atoms with Gasteiger partial charge in [0.1, 0.15) is 0 Å². The van der Waals surface area contributed by atoms with Gasteiger partial charge in [0.2, 0.25) is 6.41 Å². The molecule has 19 heavy (non-hydrogen) atoms. The number of nitrogens with one attached hydrogen (secondary N) is 1. The Labute approximate surface area is 124 Å². The quantitative estimate of drug-likeness (QED) is 0.804. The molecule has 0 spiro atoms. The fourth-order valence-corrected chi connectivity index (χ4v) is 3.68. The minimum absolute atomic E-state index is 0.0555. The van der Waals surface area contributed by atoms with Gasteiger partial charge in [-0.05, 0) is 42.4 Å². The minimum Gasteiger partial charge on any atom is -0.351 e. The maximum atomic E-state index is 11.0. The summed E-state index contributed by atoms with van der Waals surface area (Å²) in [6.07, 6.45) is 5.36. The van der Waals surface area contributed by atoms with Crippen LogP contribution < -0.4 is 5.32 Å². The molecule has 4 heteroatoms. The summed E-state index contributed by atoms with van der Waals surface area (Å²) in [5, 5.41) is 4.07. The van der Waals surface area contributed by atoms with Gasteiger partial charge in [-0.1, -0.05) is 49.0 Å². The summed E-state index contributed by atoms with van der Waals surface area (Å²) in [5.41, 5.74) is 2.09. The zero-order chi connectivity index (χ0) is 14.0. The molecule has 104 valence electrons. The van der Waals surface area contributed by atoms with Gasteiger partial charge in [-0.25, -0.2) is 0 Å². The molecule has 0 saturated heterocycles. The van der Waals surface area contributed by atoms with Crippen molar-refractivity contribution in [1.29, 1.82) is 0 Å². The fourth-order valence-electron chi connectivity index (χ4n) is 3.19. The molecule has 1 aliphatic carbocycles. The third-order valence-corrected chi connectivity index (χ3v) is 5.14. The lowest BCUT2D eigenvalue weighted by Crippen LogP contribution is -2.34. The van der Waals surface area contributed by atoms with E-state index in [-0.39, 0.29) is 11.5 Å². The highest BCUT2D eigenvalue weighted by atomic mass is 35.5. The van der Waals surface area contributed by atoms with Gasteiger partial charge in [-0.3, -0.25) is 4.79 Å². The van der Waals surface area contributed by atoms with Crippen molar-refractivity contribution in [2.24, 2.45) is 5.41 Å². The molecule has 1 atom stereocenters. The van der Waals surface area contributed by atoms with E-state index in [1.54, 1.807) is 6.07 Å². The lowest BCUT2D eigenvalue weighted by Gasteiger charge is -2.35. The van der Waals surface area contributed by atoms with Crippen molar-refractivity contribution in [2.45, 2.75) is 45.6 Å². The maximum Gasteiger partial charge on any atom is 0.207 e. The SMILES string of the molecule is Cc1ccc(Cl)c(Cl)c1C(NC=O)C1(C)CCCC1. The van der Waals surface area contributed by atoms with E-state index in [0.29, 0.717) is 10.0 Å². The molecule has 1 aliphatic rings. The number of carbonyl (C=O) groups excluding carboxylic acids is 1. The van der Waals surface area contributed by atoms with Crippen LogP contribution >= 0.6 is 23.2 Å². The molecule has 1 aromatic carbocycles. The van der Waals surface area contributed by atoms with E-state index < -0.39 is 0 Å². The second-order valence-electron chi connectivity index (χ2n) is 5.67. The average molecular weight is 300 g/mol. The molecular weight excluding hydrogens is 281 g/mol. The van der Waals surface area contributed by atoms with E-state index in [9.17, 15) is 4.79 Å². The number of hydrogen-bond acceptors (Lipinski definition) is 1. The van der Waals surface area contributed by atoms with Crippen molar-refractivity contribution < 1.29 is 4.79 Å². The Bertz CT molecular complexity index is 481. The predicted octanol–water partition coefficient (Wildman–Crippen LogP) is 4.67. The highest BCUT2D eigenvalue weighted by Crippen LogP contribution is 2.49. The van der Waals surface area contributed by atoms with E-state index >= 15 is 0 Å². The molecule has 1 fully saturated rings. The van der Waals surface area contributed by atoms with E-state index in [4.69, 9.17) is 23.2 Å². The van der Waals surface area contributed by atoms with Crippen molar-refractivity contribution in [3.05, 3.63) is 33.3 Å². The van der Waals surface area contributed by atoms with Crippen molar-refractivity contribution in [3.8, 4) is 0 Å². The lowest BCUT2D eigenvalue weighted by atomic mass is 9.76. The molecule has 1 N–H and O–H groups in total. The number of carbonyl (C=O) groups is 1. The first kappa shape index (κ1) is 14.7. The summed E-state index contributed by atoms with van der Waals surface area (Å²) in [7, 11) is 0. The van der Waals surface area contributed by atoms with Crippen LogP contribution in [0.15, 0.2) is 12.1 Å². The van der Waals surface area contributed by atoms with Gasteiger partial charge in [0.05, 0.1) is 16.1 Å². The molecule has 1 amide bonds. The highest BCUT2D eigenvalue weighted by Gasteiger charge is 2.39. The normalized spacial score (nSPS) is 19.2. The number of amides is 1.